The van der Waals surface area contributed by atoms with Crippen LogP contribution in [-0.2, 0) is 0 Å². The number of nitro groups is 1. The number of halogens is 3. The number of phenols is 1. The van der Waals surface area contributed by atoms with E-state index in [4.69, 9.17) is 0 Å². The number of aromatic hydroxyl groups is 1. The molecule has 0 aliphatic rings. The Kier molecular flexibility index (Phi) is 5.19. The van der Waals surface area contributed by atoms with Crippen molar-refractivity contribution in [1.29, 1.82) is 0 Å². The number of carbonyl (C=O) groups excluding carboxylic acids is 1. The summed E-state index contributed by atoms with van der Waals surface area (Å²) < 4.78 is 35.5. The SMILES string of the molecule is O=C(NCCSC(F)(F)F)c1ccc([N+](=O)[O-])c(O)c1. The molecular formula is C10H9F3N2O4S. The molecule has 0 aliphatic heterocycles. The Morgan fingerprint density at radius 2 is 2.10 bits per heavy atom. The Hall–Kier alpha value is -1.97. The average molecular weight is 310 g/mol. The molecule has 0 unspecified atom stereocenters. The molecule has 1 aromatic carbocycles. The van der Waals surface area contributed by atoms with E-state index >= 15 is 0 Å². The molecule has 0 saturated carbocycles. The predicted molar refractivity (Wildman–Crippen MR) is 65.6 cm³/mol. The number of benzene rings is 1. The van der Waals surface area contributed by atoms with E-state index in [9.17, 15) is 33.2 Å². The van der Waals surface area contributed by atoms with Crippen molar-refractivity contribution in [1.82, 2.24) is 5.32 Å². The zero-order valence-electron chi connectivity index (χ0n) is 9.81. The van der Waals surface area contributed by atoms with Crippen LogP contribution in [0, 0.1) is 10.1 Å². The zero-order chi connectivity index (χ0) is 15.3. The fourth-order valence-corrected chi connectivity index (χ4v) is 1.69. The van der Waals surface area contributed by atoms with E-state index in [1.54, 1.807) is 0 Å². The van der Waals surface area contributed by atoms with Gasteiger partial charge in [-0.1, -0.05) is 0 Å². The number of nitrogens with one attached hydrogen (secondary N) is 1. The van der Waals surface area contributed by atoms with Crippen molar-refractivity contribution in [2.75, 3.05) is 12.3 Å². The van der Waals surface area contributed by atoms with Crippen LogP contribution in [-0.4, -0.2) is 33.7 Å². The van der Waals surface area contributed by atoms with E-state index in [2.05, 4.69) is 5.32 Å². The van der Waals surface area contributed by atoms with Crippen molar-refractivity contribution in [2.45, 2.75) is 5.51 Å². The predicted octanol–water partition coefficient (Wildman–Crippen LogP) is 2.28. The second-order valence-corrected chi connectivity index (χ2v) is 4.67. The van der Waals surface area contributed by atoms with Gasteiger partial charge in [-0.2, -0.15) is 13.2 Å². The number of rotatable bonds is 5. The third kappa shape index (κ3) is 4.96. The number of thioether (sulfide) groups is 1. The average Bonchev–Trinajstić information content (AvgIpc) is 2.32. The standard InChI is InChI=1S/C10H9F3N2O4S/c11-10(12,13)20-4-3-14-9(17)6-1-2-7(15(18)19)8(16)5-6/h1-2,5,16H,3-4H2,(H,14,17). The first-order chi connectivity index (χ1) is 9.20. The van der Waals surface area contributed by atoms with E-state index in [1.807, 2.05) is 0 Å². The molecule has 20 heavy (non-hydrogen) atoms. The van der Waals surface area contributed by atoms with Crippen molar-refractivity contribution in [3.05, 3.63) is 33.9 Å². The lowest BCUT2D eigenvalue weighted by atomic mass is 10.2. The van der Waals surface area contributed by atoms with Gasteiger partial charge in [0.25, 0.3) is 5.91 Å². The van der Waals surface area contributed by atoms with Gasteiger partial charge in [0.1, 0.15) is 0 Å². The maximum Gasteiger partial charge on any atom is 0.441 e. The van der Waals surface area contributed by atoms with Crippen LogP contribution < -0.4 is 5.32 Å². The molecule has 110 valence electrons. The molecule has 2 N–H and O–H groups in total. The van der Waals surface area contributed by atoms with Crippen LogP contribution in [0.5, 0.6) is 5.75 Å². The molecule has 1 aromatic rings. The first-order valence-corrected chi connectivity index (χ1v) is 6.15. The smallest absolute Gasteiger partial charge is 0.441 e. The Balaban J connectivity index is 2.56. The van der Waals surface area contributed by atoms with Crippen molar-refractivity contribution >= 4 is 23.4 Å². The molecule has 0 saturated heterocycles. The third-order valence-electron chi connectivity index (χ3n) is 2.09. The molecule has 6 nitrogen and oxygen atoms in total. The summed E-state index contributed by atoms with van der Waals surface area (Å²) in [7, 11) is 0. The van der Waals surface area contributed by atoms with E-state index in [0.29, 0.717) is 0 Å². The number of carbonyl (C=O) groups is 1. The van der Waals surface area contributed by atoms with Crippen LogP contribution in [0.1, 0.15) is 10.4 Å². The molecule has 10 heteroatoms. The normalized spacial score (nSPS) is 11.2. The fraction of sp³-hybridized carbons (Fsp3) is 0.300. The number of amides is 1. The summed E-state index contributed by atoms with van der Waals surface area (Å²) >= 11 is -0.273. The molecule has 0 radical (unpaired) electrons. The zero-order valence-corrected chi connectivity index (χ0v) is 10.6. The fourth-order valence-electron chi connectivity index (χ4n) is 1.25. The van der Waals surface area contributed by atoms with Crippen molar-refractivity contribution < 1.29 is 28.0 Å². The largest absolute Gasteiger partial charge is 0.502 e. The second kappa shape index (κ2) is 6.46. The summed E-state index contributed by atoms with van der Waals surface area (Å²) in [6.07, 6.45) is 0. The Morgan fingerprint density at radius 1 is 1.45 bits per heavy atom. The number of nitro benzene ring substituents is 1. The topological polar surface area (TPSA) is 92.5 Å². The lowest BCUT2D eigenvalue weighted by Gasteiger charge is -2.07. The molecule has 0 spiro atoms. The van der Waals surface area contributed by atoms with Gasteiger partial charge >= 0.3 is 11.2 Å². The monoisotopic (exact) mass is 310 g/mol. The minimum atomic E-state index is -4.36. The third-order valence-corrected chi connectivity index (χ3v) is 2.82. The van der Waals surface area contributed by atoms with Crippen LogP contribution in [0.15, 0.2) is 18.2 Å². The van der Waals surface area contributed by atoms with Gasteiger partial charge in [0.2, 0.25) is 0 Å². The molecule has 0 fully saturated rings. The number of hydrogen-bond donors (Lipinski definition) is 2. The van der Waals surface area contributed by atoms with Crippen molar-refractivity contribution in [3.63, 3.8) is 0 Å². The number of nitrogens with zero attached hydrogens (tertiary/aromatic N) is 1. The van der Waals surface area contributed by atoms with E-state index in [1.165, 1.54) is 0 Å². The van der Waals surface area contributed by atoms with Gasteiger partial charge in [-0.3, -0.25) is 14.9 Å². The van der Waals surface area contributed by atoms with Crippen LogP contribution in [0.2, 0.25) is 0 Å². The summed E-state index contributed by atoms with van der Waals surface area (Å²) in [5, 5.41) is 22.0. The van der Waals surface area contributed by atoms with E-state index < -0.39 is 27.8 Å². The van der Waals surface area contributed by atoms with Gasteiger partial charge in [0, 0.05) is 23.9 Å². The van der Waals surface area contributed by atoms with Gasteiger partial charge in [-0.15, -0.1) is 0 Å². The van der Waals surface area contributed by atoms with Gasteiger partial charge < -0.3 is 10.4 Å². The Bertz CT molecular complexity index is 522. The van der Waals surface area contributed by atoms with Crippen LogP contribution in [0.4, 0.5) is 18.9 Å². The van der Waals surface area contributed by atoms with Gasteiger partial charge in [0.05, 0.1) is 4.92 Å². The van der Waals surface area contributed by atoms with Gasteiger partial charge in [-0.05, 0) is 23.9 Å². The quantitative estimate of drug-likeness (QED) is 0.494. The highest BCUT2D eigenvalue weighted by Crippen LogP contribution is 2.29. The highest BCUT2D eigenvalue weighted by atomic mass is 32.2. The number of phenolic OH excluding ortho intramolecular Hbond substituents is 1. The first-order valence-electron chi connectivity index (χ1n) is 5.17. The van der Waals surface area contributed by atoms with Gasteiger partial charge in [0.15, 0.2) is 5.75 Å². The van der Waals surface area contributed by atoms with Crippen LogP contribution in [0.25, 0.3) is 0 Å². The molecule has 0 heterocycles. The lowest BCUT2D eigenvalue weighted by Crippen LogP contribution is -2.26. The molecule has 0 atom stereocenters. The molecule has 0 bridgehead atoms. The minimum absolute atomic E-state index is 0.0786. The highest BCUT2D eigenvalue weighted by molar-refractivity contribution is 8.00. The summed E-state index contributed by atoms with van der Waals surface area (Å²) in [4.78, 5) is 21.1. The molecular weight excluding hydrogens is 301 g/mol. The number of hydrogen-bond acceptors (Lipinski definition) is 5. The Labute approximate surface area is 115 Å². The maximum absolute atomic E-state index is 11.8. The van der Waals surface area contributed by atoms with Crippen molar-refractivity contribution in [3.8, 4) is 5.75 Å². The highest BCUT2D eigenvalue weighted by Gasteiger charge is 2.27. The summed E-state index contributed by atoms with van der Waals surface area (Å²) in [6, 6.07) is 2.92. The summed E-state index contributed by atoms with van der Waals surface area (Å²) in [5.74, 6) is -1.76. The maximum atomic E-state index is 11.8. The van der Waals surface area contributed by atoms with Crippen LogP contribution >= 0.6 is 11.8 Å². The van der Waals surface area contributed by atoms with E-state index in [-0.39, 0.29) is 29.6 Å². The summed E-state index contributed by atoms with van der Waals surface area (Å²) in [5.41, 5.74) is -5.00. The van der Waals surface area contributed by atoms with E-state index in [0.717, 1.165) is 18.2 Å². The number of alkyl halides is 3. The molecule has 0 aliphatic carbocycles. The van der Waals surface area contributed by atoms with Crippen molar-refractivity contribution in [2.24, 2.45) is 0 Å². The minimum Gasteiger partial charge on any atom is -0.502 e. The van der Waals surface area contributed by atoms with Crippen LogP contribution in [0.3, 0.4) is 0 Å². The lowest BCUT2D eigenvalue weighted by molar-refractivity contribution is -0.385. The van der Waals surface area contributed by atoms with Gasteiger partial charge in [-0.25, -0.2) is 0 Å². The molecule has 1 rings (SSSR count). The molecule has 1 amide bonds. The first kappa shape index (κ1) is 16.1. The second-order valence-electron chi connectivity index (χ2n) is 3.51. The Morgan fingerprint density at radius 3 is 2.60 bits per heavy atom. The summed E-state index contributed by atoms with van der Waals surface area (Å²) in [6.45, 7) is -0.221. The molecule has 0 aromatic heterocycles.